The molecule has 0 aliphatic heterocycles. The molecule has 0 bridgehead atoms. The van der Waals surface area contributed by atoms with E-state index in [-0.39, 0.29) is 5.97 Å². The van der Waals surface area contributed by atoms with Gasteiger partial charge in [-0.2, -0.15) is 5.10 Å². The van der Waals surface area contributed by atoms with Crippen molar-refractivity contribution >= 4 is 5.97 Å². The van der Waals surface area contributed by atoms with Gasteiger partial charge in [0.25, 0.3) is 0 Å². The van der Waals surface area contributed by atoms with Gasteiger partial charge in [0, 0.05) is 11.3 Å². The van der Waals surface area contributed by atoms with E-state index in [1.54, 1.807) is 6.92 Å². The number of aromatic nitrogens is 2. The zero-order valence-electron chi connectivity index (χ0n) is 10.3. The number of nitrogens with zero attached hydrogens (tertiary/aromatic N) is 1. The van der Waals surface area contributed by atoms with Crippen LogP contribution in [-0.4, -0.2) is 29.3 Å². The topological polar surface area (TPSA) is 67.0 Å². The molecule has 0 aromatic carbocycles. The van der Waals surface area contributed by atoms with Gasteiger partial charge in [-0.15, -0.1) is 0 Å². The number of H-pyrrole nitrogens is 1. The maximum Gasteiger partial charge on any atom is 0.327 e. The van der Waals surface area contributed by atoms with Gasteiger partial charge in [0.2, 0.25) is 0 Å². The van der Waals surface area contributed by atoms with Crippen LogP contribution in [0.15, 0.2) is 0 Å². The number of likely N-dealkylation sites (N-methyl/N-ethyl adjacent to an activating group) is 1. The molecule has 1 unspecified atom stereocenters. The van der Waals surface area contributed by atoms with Gasteiger partial charge >= 0.3 is 5.97 Å². The average Bonchev–Trinajstić information content (AvgIpc) is 2.56. The lowest BCUT2D eigenvalue weighted by atomic mass is 10.1. The van der Waals surface area contributed by atoms with Crippen molar-refractivity contribution in [2.24, 2.45) is 0 Å². The molecule has 90 valence electrons. The number of aryl methyl sites for hydroxylation is 2. The summed E-state index contributed by atoms with van der Waals surface area (Å²) in [7, 11) is 0. The number of rotatable bonds is 5. The van der Waals surface area contributed by atoms with E-state index in [4.69, 9.17) is 4.74 Å². The van der Waals surface area contributed by atoms with Gasteiger partial charge in [0.05, 0.1) is 12.3 Å². The Hall–Kier alpha value is -1.36. The van der Waals surface area contributed by atoms with E-state index in [1.807, 2.05) is 20.8 Å². The van der Waals surface area contributed by atoms with Crippen molar-refractivity contribution in [1.29, 1.82) is 0 Å². The van der Waals surface area contributed by atoms with Gasteiger partial charge < -0.3 is 10.1 Å². The lowest BCUT2D eigenvalue weighted by Gasteiger charge is -2.16. The van der Waals surface area contributed by atoms with E-state index in [0.29, 0.717) is 13.2 Å². The molecule has 0 aliphatic carbocycles. The molecule has 2 N–H and O–H groups in total. The lowest BCUT2D eigenvalue weighted by Crippen LogP contribution is -2.30. The molecule has 16 heavy (non-hydrogen) atoms. The van der Waals surface area contributed by atoms with Crippen LogP contribution in [0.4, 0.5) is 0 Å². The van der Waals surface area contributed by atoms with Crippen molar-refractivity contribution < 1.29 is 9.53 Å². The van der Waals surface area contributed by atoms with E-state index >= 15 is 0 Å². The predicted octanol–water partition coefficient (Wildman–Crippen LogP) is 1.24. The first-order valence-corrected chi connectivity index (χ1v) is 5.53. The van der Waals surface area contributed by atoms with Gasteiger partial charge in [-0.05, 0) is 27.3 Å². The summed E-state index contributed by atoms with van der Waals surface area (Å²) >= 11 is 0. The van der Waals surface area contributed by atoms with Crippen molar-refractivity contribution in [2.75, 3.05) is 13.2 Å². The largest absolute Gasteiger partial charge is 0.465 e. The monoisotopic (exact) mass is 225 g/mol. The van der Waals surface area contributed by atoms with Crippen LogP contribution in [0.5, 0.6) is 0 Å². The molecule has 0 radical (unpaired) electrons. The standard InChI is InChI=1S/C11H19N3O2/c1-5-12-10(11(15)16-6-2)9-7(3)13-14-8(9)4/h10,12H,5-6H2,1-4H3,(H,13,14). The predicted molar refractivity (Wildman–Crippen MR) is 61.1 cm³/mol. The van der Waals surface area contributed by atoms with Crippen LogP contribution in [0.25, 0.3) is 0 Å². The van der Waals surface area contributed by atoms with Crippen LogP contribution in [0.2, 0.25) is 0 Å². The summed E-state index contributed by atoms with van der Waals surface area (Å²) in [5.41, 5.74) is 2.62. The smallest absolute Gasteiger partial charge is 0.327 e. The third kappa shape index (κ3) is 2.61. The second-order valence-corrected chi connectivity index (χ2v) is 3.59. The molecular formula is C11H19N3O2. The first kappa shape index (κ1) is 12.7. The van der Waals surface area contributed by atoms with Gasteiger partial charge in [-0.1, -0.05) is 6.92 Å². The molecule has 5 nitrogen and oxygen atoms in total. The van der Waals surface area contributed by atoms with Gasteiger partial charge in [0.15, 0.2) is 0 Å². The maximum absolute atomic E-state index is 11.8. The van der Waals surface area contributed by atoms with E-state index < -0.39 is 6.04 Å². The van der Waals surface area contributed by atoms with Crippen LogP contribution in [0.3, 0.4) is 0 Å². The van der Waals surface area contributed by atoms with E-state index in [9.17, 15) is 4.79 Å². The van der Waals surface area contributed by atoms with E-state index in [1.165, 1.54) is 0 Å². The molecule has 1 aromatic rings. The Labute approximate surface area is 95.6 Å². The zero-order valence-corrected chi connectivity index (χ0v) is 10.3. The average molecular weight is 225 g/mol. The second kappa shape index (κ2) is 5.65. The zero-order chi connectivity index (χ0) is 12.1. The molecule has 0 saturated heterocycles. The Morgan fingerprint density at radius 3 is 2.62 bits per heavy atom. The quantitative estimate of drug-likeness (QED) is 0.740. The van der Waals surface area contributed by atoms with E-state index in [0.717, 1.165) is 17.0 Å². The molecule has 1 aromatic heterocycles. The summed E-state index contributed by atoms with van der Waals surface area (Å²) < 4.78 is 5.05. The highest BCUT2D eigenvalue weighted by Gasteiger charge is 2.25. The van der Waals surface area contributed by atoms with Crippen LogP contribution in [0, 0.1) is 13.8 Å². The van der Waals surface area contributed by atoms with Crippen LogP contribution < -0.4 is 5.32 Å². The first-order chi connectivity index (χ1) is 7.61. The second-order valence-electron chi connectivity index (χ2n) is 3.59. The molecule has 5 heteroatoms. The Kier molecular flexibility index (Phi) is 4.49. The molecule has 1 rings (SSSR count). The molecule has 0 spiro atoms. The summed E-state index contributed by atoms with van der Waals surface area (Å²) in [6, 6.07) is -0.427. The van der Waals surface area contributed by atoms with Gasteiger partial charge in [-0.25, -0.2) is 4.79 Å². The highest BCUT2D eigenvalue weighted by Crippen LogP contribution is 2.20. The molecule has 0 fully saturated rings. The number of aromatic amines is 1. The summed E-state index contributed by atoms with van der Waals surface area (Å²) in [4.78, 5) is 11.8. The summed E-state index contributed by atoms with van der Waals surface area (Å²) in [6.45, 7) is 8.62. The number of hydrogen-bond acceptors (Lipinski definition) is 4. The van der Waals surface area contributed by atoms with Crippen molar-refractivity contribution in [3.8, 4) is 0 Å². The minimum absolute atomic E-state index is 0.253. The Morgan fingerprint density at radius 2 is 2.19 bits per heavy atom. The number of nitrogens with one attached hydrogen (secondary N) is 2. The summed E-state index contributed by atoms with van der Waals surface area (Å²) in [5.74, 6) is -0.253. The summed E-state index contributed by atoms with van der Waals surface area (Å²) in [6.07, 6.45) is 0. The van der Waals surface area contributed by atoms with Crippen molar-refractivity contribution in [2.45, 2.75) is 33.7 Å². The highest BCUT2D eigenvalue weighted by molar-refractivity contribution is 5.78. The third-order valence-corrected chi connectivity index (χ3v) is 2.40. The Bertz CT molecular complexity index is 341. The SMILES string of the molecule is CCNC(C(=O)OCC)c1c(C)n[nH]c1C. The number of ether oxygens (including phenoxy) is 1. The molecule has 1 heterocycles. The summed E-state index contributed by atoms with van der Waals surface area (Å²) in [5, 5.41) is 10.1. The fourth-order valence-corrected chi connectivity index (χ4v) is 1.72. The number of esters is 1. The Balaban J connectivity index is 2.97. The molecule has 0 saturated carbocycles. The molecule has 0 amide bonds. The minimum atomic E-state index is -0.427. The minimum Gasteiger partial charge on any atom is -0.465 e. The third-order valence-electron chi connectivity index (χ3n) is 2.40. The van der Waals surface area contributed by atoms with Crippen molar-refractivity contribution in [1.82, 2.24) is 15.5 Å². The van der Waals surface area contributed by atoms with E-state index in [2.05, 4.69) is 15.5 Å². The first-order valence-electron chi connectivity index (χ1n) is 5.53. The number of carbonyl (C=O) groups excluding carboxylic acids is 1. The maximum atomic E-state index is 11.8. The van der Waals surface area contributed by atoms with Crippen LogP contribution in [-0.2, 0) is 9.53 Å². The van der Waals surface area contributed by atoms with Crippen LogP contribution >= 0.6 is 0 Å². The number of carbonyl (C=O) groups is 1. The molecular weight excluding hydrogens is 206 g/mol. The molecule has 1 atom stereocenters. The Morgan fingerprint density at radius 1 is 1.50 bits per heavy atom. The van der Waals surface area contributed by atoms with Crippen molar-refractivity contribution in [3.63, 3.8) is 0 Å². The number of hydrogen-bond donors (Lipinski definition) is 2. The van der Waals surface area contributed by atoms with Gasteiger partial charge in [0.1, 0.15) is 6.04 Å². The van der Waals surface area contributed by atoms with Gasteiger partial charge in [-0.3, -0.25) is 5.10 Å². The fraction of sp³-hybridized carbons (Fsp3) is 0.636. The normalized spacial score (nSPS) is 12.5. The fourth-order valence-electron chi connectivity index (χ4n) is 1.72. The molecule has 0 aliphatic rings. The highest BCUT2D eigenvalue weighted by atomic mass is 16.5. The van der Waals surface area contributed by atoms with Crippen molar-refractivity contribution in [3.05, 3.63) is 17.0 Å². The van der Waals surface area contributed by atoms with Crippen LogP contribution in [0.1, 0.15) is 36.8 Å². The lowest BCUT2D eigenvalue weighted by molar-refractivity contribution is -0.145.